The summed E-state index contributed by atoms with van der Waals surface area (Å²) >= 11 is 0. The van der Waals surface area contributed by atoms with Gasteiger partial charge in [0, 0.05) is 6.04 Å². The van der Waals surface area contributed by atoms with Gasteiger partial charge < -0.3 is 10.1 Å². The van der Waals surface area contributed by atoms with Crippen LogP contribution in [0.1, 0.15) is 33.1 Å². The maximum absolute atomic E-state index is 11.7. The summed E-state index contributed by atoms with van der Waals surface area (Å²) in [7, 11) is 0. The van der Waals surface area contributed by atoms with Gasteiger partial charge in [-0.25, -0.2) is 4.79 Å². The van der Waals surface area contributed by atoms with Crippen molar-refractivity contribution in [3.8, 4) is 0 Å². The van der Waals surface area contributed by atoms with Gasteiger partial charge in [-0.1, -0.05) is 19.8 Å². The number of rotatable bonds is 5. The third-order valence-corrected chi connectivity index (χ3v) is 1.72. The average molecular weight is 227 g/mol. The first-order valence-corrected chi connectivity index (χ1v) is 4.85. The van der Waals surface area contributed by atoms with Crippen LogP contribution in [-0.2, 0) is 4.74 Å². The summed E-state index contributed by atoms with van der Waals surface area (Å²) < 4.78 is 38.9. The van der Waals surface area contributed by atoms with Crippen molar-refractivity contribution < 1.29 is 22.7 Å². The van der Waals surface area contributed by atoms with Gasteiger partial charge >= 0.3 is 12.3 Å². The summed E-state index contributed by atoms with van der Waals surface area (Å²) in [6, 6.07) is -0.161. The third kappa shape index (κ3) is 9.37. The molecular weight excluding hydrogens is 211 g/mol. The molecule has 0 spiro atoms. The molecule has 0 aromatic carbocycles. The Morgan fingerprint density at radius 3 is 2.53 bits per heavy atom. The van der Waals surface area contributed by atoms with Crippen molar-refractivity contribution in [3.05, 3.63) is 0 Å². The molecule has 0 aliphatic heterocycles. The number of nitrogens with one attached hydrogen (secondary N) is 1. The Bertz CT molecular complexity index is 194. The van der Waals surface area contributed by atoms with E-state index in [1.807, 2.05) is 6.92 Å². The molecule has 0 heterocycles. The van der Waals surface area contributed by atoms with Crippen LogP contribution in [-0.4, -0.2) is 24.9 Å². The van der Waals surface area contributed by atoms with Gasteiger partial charge in [0.05, 0.1) is 0 Å². The van der Waals surface area contributed by atoms with E-state index in [0.29, 0.717) is 0 Å². The summed E-state index contributed by atoms with van der Waals surface area (Å²) in [6.45, 7) is 2.18. The highest BCUT2D eigenvalue weighted by Crippen LogP contribution is 2.14. The van der Waals surface area contributed by atoms with E-state index < -0.39 is 18.9 Å². The first kappa shape index (κ1) is 14.1. The molecule has 1 N–H and O–H groups in total. The minimum atomic E-state index is -4.47. The second kappa shape index (κ2) is 6.53. The van der Waals surface area contributed by atoms with Crippen molar-refractivity contribution in [2.24, 2.45) is 0 Å². The zero-order valence-corrected chi connectivity index (χ0v) is 8.86. The fourth-order valence-electron chi connectivity index (χ4n) is 0.973. The van der Waals surface area contributed by atoms with Gasteiger partial charge in [-0.2, -0.15) is 13.2 Å². The number of ether oxygens (including phenoxy) is 1. The standard InChI is InChI=1S/C9H16F3NO2/c1-3-4-5-7(2)13-8(14)15-6-9(10,11)12/h7H,3-6H2,1-2H3,(H,13,14). The van der Waals surface area contributed by atoms with E-state index >= 15 is 0 Å². The van der Waals surface area contributed by atoms with Gasteiger partial charge in [0.25, 0.3) is 0 Å². The van der Waals surface area contributed by atoms with Crippen molar-refractivity contribution in [1.82, 2.24) is 5.32 Å². The van der Waals surface area contributed by atoms with Crippen LogP contribution in [0, 0.1) is 0 Å². The lowest BCUT2D eigenvalue weighted by Crippen LogP contribution is -2.35. The largest absolute Gasteiger partial charge is 0.440 e. The molecule has 0 rings (SSSR count). The van der Waals surface area contributed by atoms with Crippen molar-refractivity contribution in [1.29, 1.82) is 0 Å². The number of amides is 1. The van der Waals surface area contributed by atoms with E-state index in [1.54, 1.807) is 6.92 Å². The second-order valence-electron chi connectivity index (χ2n) is 3.38. The molecule has 0 aromatic rings. The lowest BCUT2D eigenvalue weighted by atomic mass is 10.1. The van der Waals surface area contributed by atoms with Gasteiger partial charge in [-0.15, -0.1) is 0 Å². The monoisotopic (exact) mass is 227 g/mol. The predicted octanol–water partition coefficient (Wildman–Crippen LogP) is 2.85. The van der Waals surface area contributed by atoms with E-state index in [-0.39, 0.29) is 6.04 Å². The Morgan fingerprint density at radius 2 is 2.07 bits per heavy atom. The number of alkyl carbamates (subject to hydrolysis) is 1. The van der Waals surface area contributed by atoms with E-state index in [0.717, 1.165) is 19.3 Å². The summed E-state index contributed by atoms with van der Waals surface area (Å²) in [6.07, 6.45) is -2.86. The van der Waals surface area contributed by atoms with Crippen LogP contribution in [0.4, 0.5) is 18.0 Å². The lowest BCUT2D eigenvalue weighted by molar-refractivity contribution is -0.160. The summed E-state index contributed by atoms with van der Waals surface area (Å²) in [5, 5.41) is 2.33. The SMILES string of the molecule is CCCCC(C)NC(=O)OCC(F)(F)F. The topological polar surface area (TPSA) is 38.3 Å². The summed E-state index contributed by atoms with van der Waals surface area (Å²) in [4.78, 5) is 10.8. The number of halogens is 3. The van der Waals surface area contributed by atoms with E-state index in [2.05, 4.69) is 10.1 Å². The van der Waals surface area contributed by atoms with Crippen molar-refractivity contribution >= 4 is 6.09 Å². The first-order chi connectivity index (χ1) is 6.85. The highest BCUT2D eigenvalue weighted by atomic mass is 19.4. The molecule has 0 aliphatic rings. The van der Waals surface area contributed by atoms with Crippen LogP contribution in [0.25, 0.3) is 0 Å². The molecule has 0 aliphatic carbocycles. The van der Waals surface area contributed by atoms with Crippen LogP contribution in [0.15, 0.2) is 0 Å². The zero-order valence-electron chi connectivity index (χ0n) is 8.86. The van der Waals surface area contributed by atoms with Gasteiger partial charge in [-0.3, -0.25) is 0 Å². The Kier molecular flexibility index (Phi) is 6.12. The summed E-state index contributed by atoms with van der Waals surface area (Å²) in [5.41, 5.74) is 0. The molecule has 90 valence electrons. The number of hydrogen-bond donors (Lipinski definition) is 1. The maximum Gasteiger partial charge on any atom is 0.422 e. The number of unbranched alkanes of at least 4 members (excludes halogenated alkanes) is 1. The fraction of sp³-hybridized carbons (Fsp3) is 0.889. The molecular formula is C9H16F3NO2. The minimum Gasteiger partial charge on any atom is -0.440 e. The Labute approximate surface area is 87.0 Å². The number of alkyl halides is 3. The second-order valence-corrected chi connectivity index (χ2v) is 3.38. The van der Waals surface area contributed by atoms with Crippen molar-refractivity contribution in [2.75, 3.05) is 6.61 Å². The van der Waals surface area contributed by atoms with Crippen LogP contribution in [0.3, 0.4) is 0 Å². The maximum atomic E-state index is 11.7. The smallest absolute Gasteiger partial charge is 0.422 e. The quantitative estimate of drug-likeness (QED) is 0.784. The normalized spacial score (nSPS) is 13.4. The molecule has 1 atom stereocenters. The zero-order chi connectivity index (χ0) is 11.9. The molecule has 0 saturated carbocycles. The molecule has 1 unspecified atom stereocenters. The molecule has 0 saturated heterocycles. The van der Waals surface area contributed by atoms with Crippen LogP contribution in [0.5, 0.6) is 0 Å². The lowest BCUT2D eigenvalue weighted by Gasteiger charge is -2.14. The van der Waals surface area contributed by atoms with Crippen LogP contribution >= 0.6 is 0 Å². The molecule has 0 fully saturated rings. The van der Waals surface area contributed by atoms with Gasteiger partial charge in [0.15, 0.2) is 6.61 Å². The minimum absolute atomic E-state index is 0.161. The van der Waals surface area contributed by atoms with Crippen LogP contribution < -0.4 is 5.32 Å². The molecule has 1 amide bonds. The Morgan fingerprint density at radius 1 is 1.47 bits per heavy atom. The number of carbonyl (C=O) groups is 1. The number of hydrogen-bond acceptors (Lipinski definition) is 2. The molecule has 0 aromatic heterocycles. The van der Waals surface area contributed by atoms with Gasteiger partial charge in [0.1, 0.15) is 0 Å². The van der Waals surface area contributed by atoms with Gasteiger partial charge in [-0.05, 0) is 13.3 Å². The Hall–Kier alpha value is -0.940. The van der Waals surface area contributed by atoms with Crippen molar-refractivity contribution in [3.63, 3.8) is 0 Å². The molecule has 0 radical (unpaired) electrons. The van der Waals surface area contributed by atoms with E-state index in [4.69, 9.17) is 0 Å². The predicted molar refractivity (Wildman–Crippen MR) is 49.5 cm³/mol. The highest BCUT2D eigenvalue weighted by Gasteiger charge is 2.29. The number of carbonyl (C=O) groups excluding carboxylic acids is 1. The summed E-state index contributed by atoms with van der Waals surface area (Å²) in [5.74, 6) is 0. The van der Waals surface area contributed by atoms with E-state index in [9.17, 15) is 18.0 Å². The highest BCUT2D eigenvalue weighted by molar-refractivity contribution is 5.67. The van der Waals surface area contributed by atoms with E-state index in [1.165, 1.54) is 0 Å². The van der Waals surface area contributed by atoms with Gasteiger partial charge in [0.2, 0.25) is 0 Å². The van der Waals surface area contributed by atoms with Crippen LogP contribution in [0.2, 0.25) is 0 Å². The fourth-order valence-corrected chi connectivity index (χ4v) is 0.973. The molecule has 15 heavy (non-hydrogen) atoms. The molecule has 0 bridgehead atoms. The Balaban J connectivity index is 3.64. The molecule has 6 heteroatoms. The van der Waals surface area contributed by atoms with Crippen molar-refractivity contribution in [2.45, 2.75) is 45.3 Å². The molecule has 3 nitrogen and oxygen atoms in total. The first-order valence-electron chi connectivity index (χ1n) is 4.85. The third-order valence-electron chi connectivity index (χ3n) is 1.72. The average Bonchev–Trinajstić information content (AvgIpc) is 2.10.